The molecule has 2 aliphatic carbocycles. The number of hydrogen-bond acceptors (Lipinski definition) is 2. The lowest BCUT2D eigenvalue weighted by Gasteiger charge is -2.41. The van der Waals surface area contributed by atoms with Crippen molar-refractivity contribution in [2.75, 3.05) is 31.1 Å². The number of benzene rings is 1. The molecule has 1 aromatic rings. The van der Waals surface area contributed by atoms with Gasteiger partial charge in [-0.05, 0) is 49.3 Å². The second kappa shape index (κ2) is 9.26. The first-order valence-corrected chi connectivity index (χ1v) is 11.5. The quantitative estimate of drug-likeness (QED) is 0.674. The number of hydrogen-bond donors (Lipinski definition) is 0. The molecule has 0 radical (unpaired) electrons. The fraction of sp³-hybridized carbons (Fsp3) is 0.750. The van der Waals surface area contributed by atoms with Crippen LogP contribution >= 0.6 is 0 Å². The number of piperazine rings is 1. The van der Waals surface area contributed by atoms with E-state index >= 15 is 0 Å². The minimum Gasteiger partial charge on any atom is -0.369 e. The molecule has 2 heteroatoms. The van der Waals surface area contributed by atoms with Crippen LogP contribution < -0.4 is 4.90 Å². The maximum Gasteiger partial charge on any atom is 0.0367 e. The van der Waals surface area contributed by atoms with Crippen LogP contribution in [-0.2, 0) is 6.42 Å². The predicted molar refractivity (Wildman–Crippen MR) is 112 cm³/mol. The van der Waals surface area contributed by atoms with Crippen LogP contribution in [0.2, 0.25) is 0 Å². The summed E-state index contributed by atoms with van der Waals surface area (Å²) >= 11 is 0. The average molecular weight is 355 g/mol. The van der Waals surface area contributed by atoms with E-state index in [4.69, 9.17) is 0 Å². The van der Waals surface area contributed by atoms with Gasteiger partial charge < -0.3 is 4.90 Å². The first kappa shape index (κ1) is 18.3. The molecule has 144 valence electrons. The van der Waals surface area contributed by atoms with Crippen LogP contribution in [0.3, 0.4) is 0 Å². The lowest BCUT2D eigenvalue weighted by Crippen LogP contribution is -2.50. The Morgan fingerprint density at radius 2 is 1.31 bits per heavy atom. The van der Waals surface area contributed by atoms with Crippen molar-refractivity contribution in [3.63, 3.8) is 0 Å². The van der Waals surface area contributed by atoms with Crippen LogP contribution in [0.1, 0.15) is 76.2 Å². The van der Waals surface area contributed by atoms with E-state index in [9.17, 15) is 0 Å². The van der Waals surface area contributed by atoms with E-state index in [2.05, 4.69) is 34.1 Å². The summed E-state index contributed by atoms with van der Waals surface area (Å²) in [5.74, 6) is 0.997. The fourth-order valence-electron chi connectivity index (χ4n) is 5.51. The number of anilines is 1. The molecule has 26 heavy (non-hydrogen) atoms. The van der Waals surface area contributed by atoms with Gasteiger partial charge in [-0.2, -0.15) is 0 Å². The third kappa shape index (κ3) is 4.82. The van der Waals surface area contributed by atoms with Crippen molar-refractivity contribution in [2.24, 2.45) is 5.92 Å². The molecule has 3 aliphatic rings. The van der Waals surface area contributed by atoms with Gasteiger partial charge in [0, 0.05) is 37.9 Å². The van der Waals surface area contributed by atoms with Gasteiger partial charge in [0.2, 0.25) is 0 Å². The highest BCUT2D eigenvalue weighted by Crippen LogP contribution is 2.28. The Morgan fingerprint density at radius 3 is 1.96 bits per heavy atom. The van der Waals surface area contributed by atoms with Crippen LogP contribution in [0, 0.1) is 5.92 Å². The topological polar surface area (TPSA) is 6.48 Å². The maximum atomic E-state index is 2.77. The Kier molecular flexibility index (Phi) is 6.53. The van der Waals surface area contributed by atoms with Gasteiger partial charge in [-0.15, -0.1) is 0 Å². The SMILES string of the molecule is c1cc(N2CCN(C3CCCCC3)CC2)ccc1CCC1CCCCC1. The molecule has 1 heterocycles. The minimum absolute atomic E-state index is 0.882. The molecule has 0 bridgehead atoms. The Bertz CT molecular complexity index is 518. The summed E-state index contributed by atoms with van der Waals surface area (Å²) in [6.45, 7) is 4.93. The van der Waals surface area contributed by atoms with E-state index in [0.29, 0.717) is 0 Å². The minimum atomic E-state index is 0.882. The zero-order chi connectivity index (χ0) is 17.6. The van der Waals surface area contributed by atoms with Gasteiger partial charge in [0.05, 0.1) is 0 Å². The van der Waals surface area contributed by atoms with Crippen LogP contribution in [0.15, 0.2) is 24.3 Å². The summed E-state index contributed by atoms with van der Waals surface area (Å²) < 4.78 is 0. The summed E-state index contributed by atoms with van der Waals surface area (Å²) in [6.07, 6.45) is 17.3. The van der Waals surface area contributed by atoms with E-state index in [-0.39, 0.29) is 0 Å². The van der Waals surface area contributed by atoms with Gasteiger partial charge in [0.1, 0.15) is 0 Å². The van der Waals surface area contributed by atoms with E-state index in [1.165, 1.54) is 109 Å². The standard InChI is InChI=1S/C24H38N2/c1-3-7-21(8-4-1)11-12-22-13-15-24(16-14-22)26-19-17-25(18-20-26)23-9-5-2-6-10-23/h13-16,21,23H,1-12,17-20H2. The van der Waals surface area contributed by atoms with Gasteiger partial charge in [-0.25, -0.2) is 0 Å². The van der Waals surface area contributed by atoms with Crippen molar-refractivity contribution in [1.29, 1.82) is 0 Å². The normalized spacial score (nSPS) is 24.1. The van der Waals surface area contributed by atoms with E-state index in [1.807, 2.05) is 0 Å². The van der Waals surface area contributed by atoms with E-state index in [1.54, 1.807) is 5.56 Å². The van der Waals surface area contributed by atoms with Crippen LogP contribution in [0.4, 0.5) is 5.69 Å². The van der Waals surface area contributed by atoms with Crippen molar-refractivity contribution < 1.29 is 0 Å². The molecule has 4 rings (SSSR count). The first-order valence-electron chi connectivity index (χ1n) is 11.5. The molecule has 0 N–H and O–H groups in total. The Morgan fingerprint density at radius 1 is 0.692 bits per heavy atom. The average Bonchev–Trinajstić information content (AvgIpc) is 2.74. The van der Waals surface area contributed by atoms with Crippen molar-refractivity contribution in [2.45, 2.75) is 83.1 Å². The molecule has 1 saturated heterocycles. The highest BCUT2D eigenvalue weighted by atomic mass is 15.3. The van der Waals surface area contributed by atoms with E-state index < -0.39 is 0 Å². The maximum absolute atomic E-state index is 2.77. The summed E-state index contributed by atoms with van der Waals surface area (Å²) in [4.78, 5) is 5.37. The highest BCUT2D eigenvalue weighted by Gasteiger charge is 2.25. The lowest BCUT2D eigenvalue weighted by molar-refractivity contribution is 0.148. The third-order valence-electron chi connectivity index (χ3n) is 7.27. The third-order valence-corrected chi connectivity index (χ3v) is 7.27. The Labute approximate surface area is 161 Å². The van der Waals surface area contributed by atoms with Gasteiger partial charge in [-0.1, -0.05) is 63.5 Å². The zero-order valence-corrected chi connectivity index (χ0v) is 16.7. The lowest BCUT2D eigenvalue weighted by atomic mass is 9.85. The first-order chi connectivity index (χ1) is 12.9. The predicted octanol–water partition coefficient (Wildman–Crippen LogP) is 5.65. The van der Waals surface area contributed by atoms with E-state index in [0.717, 1.165) is 12.0 Å². The van der Waals surface area contributed by atoms with Crippen LogP contribution in [0.25, 0.3) is 0 Å². The second-order valence-corrected chi connectivity index (χ2v) is 9.02. The molecule has 1 aliphatic heterocycles. The summed E-state index contributed by atoms with van der Waals surface area (Å²) in [5, 5.41) is 0. The largest absolute Gasteiger partial charge is 0.369 e. The summed E-state index contributed by atoms with van der Waals surface area (Å²) in [5.41, 5.74) is 2.98. The zero-order valence-electron chi connectivity index (χ0n) is 16.7. The number of aryl methyl sites for hydroxylation is 1. The summed E-state index contributed by atoms with van der Waals surface area (Å²) in [6, 6.07) is 10.4. The molecule has 3 fully saturated rings. The fourth-order valence-corrected chi connectivity index (χ4v) is 5.51. The smallest absolute Gasteiger partial charge is 0.0367 e. The second-order valence-electron chi connectivity index (χ2n) is 9.02. The van der Waals surface area contributed by atoms with Crippen molar-refractivity contribution >= 4 is 5.69 Å². The molecule has 2 saturated carbocycles. The van der Waals surface area contributed by atoms with Crippen molar-refractivity contribution in [1.82, 2.24) is 4.90 Å². The molecule has 0 spiro atoms. The Balaban J connectivity index is 1.23. The molecular weight excluding hydrogens is 316 g/mol. The summed E-state index contributed by atoms with van der Waals surface area (Å²) in [7, 11) is 0. The van der Waals surface area contributed by atoms with Gasteiger partial charge >= 0.3 is 0 Å². The number of nitrogens with zero attached hydrogens (tertiary/aromatic N) is 2. The molecule has 0 atom stereocenters. The molecule has 0 unspecified atom stereocenters. The molecule has 1 aromatic carbocycles. The van der Waals surface area contributed by atoms with Crippen molar-refractivity contribution in [3.05, 3.63) is 29.8 Å². The van der Waals surface area contributed by atoms with Crippen LogP contribution in [-0.4, -0.2) is 37.1 Å². The van der Waals surface area contributed by atoms with Crippen LogP contribution in [0.5, 0.6) is 0 Å². The highest BCUT2D eigenvalue weighted by molar-refractivity contribution is 5.48. The molecule has 0 aromatic heterocycles. The van der Waals surface area contributed by atoms with Gasteiger partial charge in [0.15, 0.2) is 0 Å². The monoisotopic (exact) mass is 354 g/mol. The van der Waals surface area contributed by atoms with Gasteiger partial charge in [-0.3, -0.25) is 4.90 Å². The number of rotatable bonds is 5. The van der Waals surface area contributed by atoms with Crippen molar-refractivity contribution in [3.8, 4) is 0 Å². The molecular formula is C24H38N2. The molecule has 0 amide bonds. The molecule has 2 nitrogen and oxygen atoms in total. The van der Waals surface area contributed by atoms with Gasteiger partial charge in [0.25, 0.3) is 0 Å². The Hall–Kier alpha value is -1.02.